The van der Waals surface area contributed by atoms with Gasteiger partial charge in [0.05, 0.1) is 5.75 Å². The molecule has 0 amide bonds. The van der Waals surface area contributed by atoms with Crippen molar-refractivity contribution >= 4 is 34.0 Å². The summed E-state index contributed by atoms with van der Waals surface area (Å²) in [5.41, 5.74) is 0.368. The minimum Gasteiger partial charge on any atom is -0.357 e. The van der Waals surface area contributed by atoms with Crippen LogP contribution in [-0.4, -0.2) is 28.3 Å². The molecule has 1 heterocycles. The molecule has 104 valence electrons. The van der Waals surface area contributed by atoms with Crippen LogP contribution in [0.1, 0.15) is 10.4 Å². The minimum absolute atomic E-state index is 0.134. The summed E-state index contributed by atoms with van der Waals surface area (Å²) in [5.74, 6) is -0.336. The molecule has 0 aliphatic rings. The Balaban J connectivity index is 1.90. The first-order valence-corrected chi connectivity index (χ1v) is 7.59. The lowest BCUT2D eigenvalue weighted by atomic mass is 10.1. The number of carbonyl (C=O) groups is 1. The molecule has 1 N–H and O–H groups in total. The number of nitrogens with one attached hydrogen (secondary N) is 1. The van der Waals surface area contributed by atoms with Crippen molar-refractivity contribution in [2.45, 2.75) is 4.34 Å². The lowest BCUT2D eigenvalue weighted by Gasteiger charge is -1.99. The van der Waals surface area contributed by atoms with Gasteiger partial charge in [0.25, 0.3) is 0 Å². The van der Waals surface area contributed by atoms with Crippen molar-refractivity contribution in [1.29, 1.82) is 0 Å². The number of thioether (sulfide) groups is 1. The van der Waals surface area contributed by atoms with Crippen LogP contribution in [0.2, 0.25) is 0 Å². The van der Waals surface area contributed by atoms with Gasteiger partial charge in [-0.25, -0.2) is 4.39 Å². The molecule has 0 aliphatic carbocycles. The second-order valence-electron chi connectivity index (χ2n) is 3.76. The van der Waals surface area contributed by atoms with Crippen LogP contribution in [0.15, 0.2) is 41.3 Å². The minimum atomic E-state index is -0.410. The highest BCUT2D eigenvalue weighted by atomic mass is 32.2. The second-order valence-corrected chi connectivity index (χ2v) is 5.96. The average molecular weight is 309 g/mol. The maximum Gasteiger partial charge on any atom is 0.206 e. The smallest absolute Gasteiger partial charge is 0.206 e. The van der Waals surface area contributed by atoms with Crippen LogP contribution in [-0.2, 0) is 0 Å². The molecule has 2 rings (SSSR count). The summed E-state index contributed by atoms with van der Waals surface area (Å²) in [4.78, 5) is 11.9. The van der Waals surface area contributed by atoms with Crippen molar-refractivity contribution in [1.82, 2.24) is 10.2 Å². The molecular weight excluding hydrogens is 297 g/mol. The number of anilines is 1. The van der Waals surface area contributed by atoms with E-state index in [1.807, 2.05) is 0 Å². The number of halogens is 1. The van der Waals surface area contributed by atoms with E-state index in [0.29, 0.717) is 21.6 Å². The largest absolute Gasteiger partial charge is 0.357 e. The number of benzene rings is 1. The van der Waals surface area contributed by atoms with Gasteiger partial charge in [0.1, 0.15) is 5.82 Å². The molecule has 0 aliphatic heterocycles. The van der Waals surface area contributed by atoms with Crippen molar-refractivity contribution in [3.63, 3.8) is 0 Å². The van der Waals surface area contributed by atoms with Crippen LogP contribution in [0.3, 0.4) is 0 Å². The fourth-order valence-corrected chi connectivity index (χ4v) is 3.02. The highest BCUT2D eigenvalue weighted by Gasteiger charge is 2.10. The maximum absolute atomic E-state index is 13.0. The summed E-state index contributed by atoms with van der Waals surface area (Å²) >= 11 is 2.66. The Morgan fingerprint density at radius 3 is 3.10 bits per heavy atom. The Hall–Kier alpha value is -1.73. The molecule has 0 spiro atoms. The van der Waals surface area contributed by atoms with E-state index < -0.39 is 5.82 Å². The van der Waals surface area contributed by atoms with E-state index in [-0.39, 0.29) is 11.5 Å². The maximum atomic E-state index is 13.0. The zero-order chi connectivity index (χ0) is 14.4. The fraction of sp³-hybridized carbons (Fsp3) is 0.154. The first-order valence-electron chi connectivity index (χ1n) is 5.79. The molecule has 20 heavy (non-hydrogen) atoms. The van der Waals surface area contributed by atoms with E-state index in [1.54, 1.807) is 12.1 Å². The average Bonchev–Trinajstić information content (AvgIpc) is 2.90. The standard InChI is InChI=1S/C13H12FN3OS2/c1-2-6-15-12-16-17-13(20-12)19-8-11(18)9-4-3-5-10(14)7-9/h2-5,7H,1,6,8H2,(H,15,16). The van der Waals surface area contributed by atoms with Crippen molar-refractivity contribution in [3.8, 4) is 0 Å². The highest BCUT2D eigenvalue weighted by Crippen LogP contribution is 2.26. The number of aromatic nitrogens is 2. The Labute approximate surface area is 124 Å². The molecule has 1 aromatic carbocycles. The number of ketones is 1. The van der Waals surface area contributed by atoms with Crippen molar-refractivity contribution in [3.05, 3.63) is 48.3 Å². The monoisotopic (exact) mass is 309 g/mol. The number of carbonyl (C=O) groups excluding carboxylic acids is 1. The molecule has 0 saturated heterocycles. The van der Waals surface area contributed by atoms with E-state index in [9.17, 15) is 9.18 Å². The van der Waals surface area contributed by atoms with E-state index in [1.165, 1.54) is 41.3 Å². The molecule has 2 aromatic rings. The SMILES string of the molecule is C=CCNc1nnc(SCC(=O)c2cccc(F)c2)s1. The molecule has 0 bridgehead atoms. The lowest BCUT2D eigenvalue weighted by molar-refractivity contribution is 0.102. The zero-order valence-corrected chi connectivity index (χ0v) is 12.1. The van der Waals surface area contributed by atoms with Crippen molar-refractivity contribution in [2.75, 3.05) is 17.6 Å². The summed E-state index contributed by atoms with van der Waals surface area (Å²) in [6, 6.07) is 5.67. The normalized spacial score (nSPS) is 10.2. The topological polar surface area (TPSA) is 54.9 Å². The van der Waals surface area contributed by atoms with Crippen LogP contribution in [0.25, 0.3) is 0 Å². The summed E-state index contributed by atoms with van der Waals surface area (Å²) < 4.78 is 13.7. The summed E-state index contributed by atoms with van der Waals surface area (Å²) in [5, 5.41) is 11.6. The van der Waals surface area contributed by atoms with Gasteiger partial charge in [-0.15, -0.1) is 16.8 Å². The first-order chi connectivity index (χ1) is 9.69. The zero-order valence-electron chi connectivity index (χ0n) is 10.5. The highest BCUT2D eigenvalue weighted by molar-refractivity contribution is 8.01. The molecule has 4 nitrogen and oxygen atoms in total. The first kappa shape index (κ1) is 14.7. The predicted molar refractivity (Wildman–Crippen MR) is 80.1 cm³/mol. The Morgan fingerprint density at radius 2 is 2.35 bits per heavy atom. The number of Topliss-reactive ketones (excluding diaryl/α,β-unsaturated/α-hetero) is 1. The predicted octanol–water partition coefficient (Wildman–Crippen LogP) is 3.25. The summed E-state index contributed by atoms with van der Waals surface area (Å²) in [7, 11) is 0. The number of rotatable bonds is 7. The third kappa shape index (κ3) is 4.14. The Bertz CT molecular complexity index is 615. The molecular formula is C13H12FN3OS2. The molecule has 0 saturated carbocycles. The van der Waals surface area contributed by atoms with E-state index in [4.69, 9.17) is 0 Å². The van der Waals surface area contributed by atoms with Gasteiger partial charge in [0, 0.05) is 12.1 Å². The molecule has 0 atom stereocenters. The molecule has 0 radical (unpaired) electrons. The third-order valence-electron chi connectivity index (χ3n) is 2.28. The van der Waals surface area contributed by atoms with Crippen LogP contribution in [0.4, 0.5) is 9.52 Å². The van der Waals surface area contributed by atoms with Gasteiger partial charge in [-0.05, 0) is 12.1 Å². The van der Waals surface area contributed by atoms with Crippen LogP contribution in [0.5, 0.6) is 0 Å². The molecule has 0 unspecified atom stereocenters. The summed E-state index contributed by atoms with van der Waals surface area (Å²) in [6.45, 7) is 4.21. The number of hydrogen-bond donors (Lipinski definition) is 1. The van der Waals surface area contributed by atoms with Crippen LogP contribution < -0.4 is 5.32 Å². The fourth-order valence-electron chi connectivity index (χ4n) is 1.37. The van der Waals surface area contributed by atoms with Crippen molar-refractivity contribution < 1.29 is 9.18 Å². The van der Waals surface area contributed by atoms with Gasteiger partial charge in [-0.2, -0.15) is 0 Å². The molecule has 7 heteroatoms. The van der Waals surface area contributed by atoms with Crippen molar-refractivity contribution in [2.24, 2.45) is 0 Å². The van der Waals surface area contributed by atoms with Gasteiger partial charge in [0.15, 0.2) is 10.1 Å². The van der Waals surface area contributed by atoms with Gasteiger partial charge in [-0.1, -0.05) is 41.3 Å². The van der Waals surface area contributed by atoms with Gasteiger partial charge >= 0.3 is 0 Å². The van der Waals surface area contributed by atoms with E-state index >= 15 is 0 Å². The third-order valence-corrected chi connectivity index (χ3v) is 4.29. The van der Waals surface area contributed by atoms with E-state index in [0.717, 1.165) is 0 Å². The van der Waals surface area contributed by atoms with Gasteiger partial charge in [-0.3, -0.25) is 4.79 Å². The van der Waals surface area contributed by atoms with Gasteiger partial charge in [0.2, 0.25) is 5.13 Å². The molecule has 0 fully saturated rings. The lowest BCUT2D eigenvalue weighted by Crippen LogP contribution is -2.02. The Morgan fingerprint density at radius 1 is 1.50 bits per heavy atom. The van der Waals surface area contributed by atoms with Crippen LogP contribution in [0, 0.1) is 5.82 Å². The number of nitrogens with zero attached hydrogens (tertiary/aromatic N) is 2. The quantitative estimate of drug-likeness (QED) is 0.483. The number of hydrogen-bond acceptors (Lipinski definition) is 6. The summed E-state index contributed by atoms with van der Waals surface area (Å²) in [6.07, 6.45) is 1.72. The van der Waals surface area contributed by atoms with Gasteiger partial charge < -0.3 is 5.32 Å². The van der Waals surface area contributed by atoms with E-state index in [2.05, 4.69) is 22.1 Å². The second kappa shape index (κ2) is 7.16. The Kier molecular flexibility index (Phi) is 5.25. The van der Waals surface area contributed by atoms with Crippen LogP contribution >= 0.6 is 23.1 Å². The molecule has 1 aromatic heterocycles.